The second-order valence-corrected chi connectivity index (χ2v) is 5.61. The first-order valence-electron chi connectivity index (χ1n) is 7.48. The standard InChI is InChI=1S/C16H17F3N4/c17-16(18,19)11-5-3-4-10(8-11)12-9-22-15(20)23-14(12)13-6-1-2-7-21-13/h3-5,8-9,13,21H,1-2,6-7H2,(H2,20,22,23). The number of nitrogen functional groups attached to an aromatic ring is 1. The average Bonchev–Trinajstić information content (AvgIpc) is 2.55. The number of nitrogens with zero attached hydrogens (tertiary/aromatic N) is 2. The first kappa shape index (κ1) is 15.7. The number of nitrogens with one attached hydrogen (secondary N) is 1. The van der Waals surface area contributed by atoms with E-state index in [2.05, 4.69) is 15.3 Å². The highest BCUT2D eigenvalue weighted by Crippen LogP contribution is 2.35. The van der Waals surface area contributed by atoms with Gasteiger partial charge in [-0.1, -0.05) is 18.6 Å². The maximum absolute atomic E-state index is 12.9. The molecular weight excluding hydrogens is 305 g/mol. The van der Waals surface area contributed by atoms with E-state index in [0.29, 0.717) is 16.8 Å². The maximum atomic E-state index is 12.9. The lowest BCUT2D eigenvalue weighted by molar-refractivity contribution is -0.137. The van der Waals surface area contributed by atoms with Crippen LogP contribution in [0.2, 0.25) is 0 Å². The van der Waals surface area contributed by atoms with Gasteiger partial charge in [0.15, 0.2) is 0 Å². The third kappa shape index (κ3) is 3.44. The Balaban J connectivity index is 2.06. The highest BCUT2D eigenvalue weighted by molar-refractivity contribution is 5.67. The summed E-state index contributed by atoms with van der Waals surface area (Å²) in [6, 6.07) is 5.20. The van der Waals surface area contributed by atoms with Gasteiger partial charge in [-0.05, 0) is 37.1 Å². The third-order valence-electron chi connectivity index (χ3n) is 3.98. The van der Waals surface area contributed by atoms with Gasteiger partial charge in [0.2, 0.25) is 5.95 Å². The summed E-state index contributed by atoms with van der Waals surface area (Å²) in [4.78, 5) is 8.25. The molecule has 0 bridgehead atoms. The Morgan fingerprint density at radius 3 is 2.74 bits per heavy atom. The summed E-state index contributed by atoms with van der Waals surface area (Å²) in [6.45, 7) is 0.858. The number of hydrogen-bond acceptors (Lipinski definition) is 4. The number of benzene rings is 1. The van der Waals surface area contributed by atoms with Crippen molar-refractivity contribution in [3.05, 3.63) is 41.7 Å². The van der Waals surface area contributed by atoms with Crippen LogP contribution in [0.1, 0.15) is 36.6 Å². The van der Waals surface area contributed by atoms with E-state index in [1.165, 1.54) is 12.3 Å². The van der Waals surface area contributed by atoms with E-state index in [1.54, 1.807) is 6.07 Å². The number of halogens is 3. The second kappa shape index (κ2) is 6.16. The molecule has 3 N–H and O–H groups in total. The van der Waals surface area contributed by atoms with E-state index in [0.717, 1.165) is 37.9 Å². The zero-order chi connectivity index (χ0) is 16.4. The van der Waals surface area contributed by atoms with Crippen molar-refractivity contribution in [1.29, 1.82) is 0 Å². The number of aromatic nitrogens is 2. The fourth-order valence-electron chi connectivity index (χ4n) is 2.85. The number of alkyl halides is 3. The van der Waals surface area contributed by atoms with Crippen LogP contribution in [0, 0.1) is 0 Å². The van der Waals surface area contributed by atoms with Gasteiger partial charge in [-0.25, -0.2) is 9.97 Å². The predicted octanol–water partition coefficient (Wildman–Crippen LogP) is 3.56. The number of anilines is 1. The van der Waals surface area contributed by atoms with Gasteiger partial charge in [0.25, 0.3) is 0 Å². The van der Waals surface area contributed by atoms with Gasteiger partial charge >= 0.3 is 6.18 Å². The molecule has 1 aliphatic heterocycles. The summed E-state index contributed by atoms with van der Waals surface area (Å²) in [6.07, 6.45) is 0.124. The summed E-state index contributed by atoms with van der Waals surface area (Å²) in [5, 5.41) is 3.35. The van der Waals surface area contributed by atoms with E-state index in [4.69, 9.17) is 5.73 Å². The zero-order valence-corrected chi connectivity index (χ0v) is 12.4. The van der Waals surface area contributed by atoms with Gasteiger partial charge in [0.05, 0.1) is 17.3 Å². The monoisotopic (exact) mass is 322 g/mol. The first-order chi connectivity index (χ1) is 10.9. The molecule has 3 rings (SSSR count). The van der Waals surface area contributed by atoms with Gasteiger partial charge in [-0.2, -0.15) is 13.2 Å². The Labute approximate surface area is 131 Å². The van der Waals surface area contributed by atoms with Gasteiger partial charge in [-0.3, -0.25) is 0 Å². The molecule has 0 aliphatic carbocycles. The summed E-state index contributed by atoms with van der Waals surface area (Å²) in [5.41, 5.74) is 6.69. The lowest BCUT2D eigenvalue weighted by Gasteiger charge is -2.25. The van der Waals surface area contributed by atoms with Crippen LogP contribution >= 0.6 is 0 Å². The van der Waals surface area contributed by atoms with E-state index in [9.17, 15) is 13.2 Å². The molecule has 1 saturated heterocycles. The molecular formula is C16H17F3N4. The molecule has 1 aromatic carbocycles. The Morgan fingerprint density at radius 2 is 2.04 bits per heavy atom. The highest BCUT2D eigenvalue weighted by Gasteiger charge is 2.31. The van der Waals surface area contributed by atoms with E-state index in [1.807, 2.05) is 0 Å². The van der Waals surface area contributed by atoms with Crippen molar-refractivity contribution in [1.82, 2.24) is 15.3 Å². The van der Waals surface area contributed by atoms with Crippen molar-refractivity contribution in [2.45, 2.75) is 31.5 Å². The van der Waals surface area contributed by atoms with Gasteiger partial charge in [0.1, 0.15) is 0 Å². The first-order valence-corrected chi connectivity index (χ1v) is 7.48. The molecule has 1 fully saturated rings. The number of nitrogens with two attached hydrogens (primary N) is 1. The van der Waals surface area contributed by atoms with Crippen molar-refractivity contribution < 1.29 is 13.2 Å². The van der Waals surface area contributed by atoms with Crippen LogP contribution in [0.4, 0.5) is 19.1 Å². The SMILES string of the molecule is Nc1ncc(-c2cccc(C(F)(F)F)c2)c(C2CCCCN2)n1. The summed E-state index contributed by atoms with van der Waals surface area (Å²) in [7, 11) is 0. The van der Waals surface area contributed by atoms with Crippen LogP contribution in [-0.2, 0) is 6.18 Å². The zero-order valence-electron chi connectivity index (χ0n) is 12.4. The Morgan fingerprint density at radius 1 is 1.22 bits per heavy atom. The molecule has 0 spiro atoms. The molecule has 122 valence electrons. The molecule has 0 saturated carbocycles. The number of piperidine rings is 1. The molecule has 1 unspecified atom stereocenters. The quantitative estimate of drug-likeness (QED) is 0.887. The smallest absolute Gasteiger partial charge is 0.368 e. The minimum absolute atomic E-state index is 0.0152. The summed E-state index contributed by atoms with van der Waals surface area (Å²) in [5.74, 6) is 0.128. The van der Waals surface area contributed by atoms with Gasteiger partial charge in [-0.15, -0.1) is 0 Å². The largest absolute Gasteiger partial charge is 0.416 e. The average molecular weight is 322 g/mol. The van der Waals surface area contributed by atoms with Crippen LogP contribution in [0.25, 0.3) is 11.1 Å². The van der Waals surface area contributed by atoms with Crippen molar-refractivity contribution in [2.75, 3.05) is 12.3 Å². The molecule has 7 heteroatoms. The predicted molar refractivity (Wildman–Crippen MR) is 81.5 cm³/mol. The molecule has 0 amide bonds. The van der Waals surface area contributed by atoms with Crippen LogP contribution in [-0.4, -0.2) is 16.5 Å². The number of hydrogen-bond donors (Lipinski definition) is 2. The summed E-state index contributed by atoms with van der Waals surface area (Å²) < 4.78 is 38.8. The van der Waals surface area contributed by atoms with E-state index < -0.39 is 11.7 Å². The second-order valence-electron chi connectivity index (χ2n) is 5.61. The van der Waals surface area contributed by atoms with E-state index in [-0.39, 0.29) is 12.0 Å². The Bertz CT molecular complexity index is 694. The normalized spacial score (nSPS) is 18.8. The van der Waals surface area contributed by atoms with Crippen molar-refractivity contribution >= 4 is 5.95 Å². The topological polar surface area (TPSA) is 63.8 Å². The van der Waals surface area contributed by atoms with Crippen LogP contribution in [0.3, 0.4) is 0 Å². The Hall–Kier alpha value is -2.15. The Kier molecular flexibility index (Phi) is 4.21. The molecule has 2 heterocycles. The summed E-state index contributed by atoms with van der Waals surface area (Å²) >= 11 is 0. The lowest BCUT2D eigenvalue weighted by Crippen LogP contribution is -2.28. The molecule has 2 aromatic rings. The minimum Gasteiger partial charge on any atom is -0.368 e. The maximum Gasteiger partial charge on any atom is 0.416 e. The third-order valence-corrected chi connectivity index (χ3v) is 3.98. The van der Waals surface area contributed by atoms with Gasteiger partial charge in [0, 0.05) is 11.8 Å². The molecule has 1 aromatic heterocycles. The van der Waals surface area contributed by atoms with Crippen LogP contribution < -0.4 is 11.1 Å². The fraction of sp³-hybridized carbons (Fsp3) is 0.375. The van der Waals surface area contributed by atoms with Crippen molar-refractivity contribution in [3.8, 4) is 11.1 Å². The molecule has 1 aliphatic rings. The van der Waals surface area contributed by atoms with Gasteiger partial charge < -0.3 is 11.1 Å². The molecule has 4 nitrogen and oxygen atoms in total. The molecule has 23 heavy (non-hydrogen) atoms. The van der Waals surface area contributed by atoms with Crippen LogP contribution in [0.15, 0.2) is 30.5 Å². The number of rotatable bonds is 2. The highest BCUT2D eigenvalue weighted by atomic mass is 19.4. The fourth-order valence-corrected chi connectivity index (χ4v) is 2.85. The molecule has 0 radical (unpaired) electrons. The van der Waals surface area contributed by atoms with Crippen molar-refractivity contribution in [3.63, 3.8) is 0 Å². The lowest BCUT2D eigenvalue weighted by atomic mass is 9.95. The van der Waals surface area contributed by atoms with Crippen LogP contribution in [0.5, 0.6) is 0 Å². The molecule has 1 atom stereocenters. The van der Waals surface area contributed by atoms with Crippen molar-refractivity contribution in [2.24, 2.45) is 0 Å². The minimum atomic E-state index is -4.38. The van der Waals surface area contributed by atoms with E-state index >= 15 is 0 Å².